The lowest BCUT2D eigenvalue weighted by Gasteiger charge is -2.13. The van der Waals surface area contributed by atoms with Crippen LogP contribution in [0.3, 0.4) is 0 Å². The maximum Gasteiger partial charge on any atom is 0.298 e. The molecular weight excluding hydrogens is 430 g/mol. The van der Waals surface area contributed by atoms with Crippen LogP contribution in [-0.4, -0.2) is 36.3 Å². The second-order valence-corrected chi connectivity index (χ2v) is 7.79. The predicted molar refractivity (Wildman–Crippen MR) is 122 cm³/mol. The molecule has 2 N–H and O–H groups in total. The Morgan fingerprint density at radius 2 is 1.97 bits per heavy atom. The van der Waals surface area contributed by atoms with E-state index < -0.39 is 0 Å². The van der Waals surface area contributed by atoms with Crippen molar-refractivity contribution in [1.82, 2.24) is 30.2 Å². The zero-order valence-electron chi connectivity index (χ0n) is 17.6. The Morgan fingerprint density at radius 3 is 2.66 bits per heavy atom. The smallest absolute Gasteiger partial charge is 0.298 e. The molecule has 4 rings (SSSR count). The molecule has 0 aliphatic rings. The molecule has 0 atom stereocenters. The molecule has 2 aromatic heterocycles. The number of H-pyrrole nitrogens is 1. The summed E-state index contributed by atoms with van der Waals surface area (Å²) in [4.78, 5) is 17.2. The minimum absolute atomic E-state index is 0.0136. The molecule has 2 heterocycles. The molecule has 32 heavy (non-hydrogen) atoms. The molecule has 164 valence electrons. The number of anilines is 2. The highest BCUT2D eigenvalue weighted by Gasteiger charge is 2.10. The summed E-state index contributed by atoms with van der Waals surface area (Å²) in [6, 6.07) is 13.0. The topological polar surface area (TPSA) is 111 Å². The van der Waals surface area contributed by atoms with E-state index in [2.05, 4.69) is 30.9 Å². The number of nitrogens with zero attached hydrogens (tertiary/aromatic N) is 5. The Morgan fingerprint density at radius 1 is 1.16 bits per heavy atom. The molecule has 0 saturated heterocycles. The minimum atomic E-state index is -0.273. The normalized spacial score (nSPS) is 11.0. The fourth-order valence-corrected chi connectivity index (χ4v) is 3.36. The van der Waals surface area contributed by atoms with Crippen LogP contribution in [0.4, 0.5) is 11.5 Å². The van der Waals surface area contributed by atoms with Gasteiger partial charge in [-0.05, 0) is 56.2 Å². The van der Waals surface area contributed by atoms with Gasteiger partial charge in [0.2, 0.25) is 0 Å². The second-order valence-electron chi connectivity index (χ2n) is 7.38. The van der Waals surface area contributed by atoms with Gasteiger partial charge < -0.3 is 10.1 Å². The predicted octanol–water partition coefficient (Wildman–Crippen LogP) is 3.72. The molecule has 4 aromatic rings. The summed E-state index contributed by atoms with van der Waals surface area (Å²) in [5.41, 5.74) is 2.22. The molecule has 2 aromatic carbocycles. The second kappa shape index (κ2) is 9.61. The lowest BCUT2D eigenvalue weighted by atomic mass is 10.1. The van der Waals surface area contributed by atoms with Crippen molar-refractivity contribution in [2.45, 2.75) is 32.8 Å². The van der Waals surface area contributed by atoms with Crippen molar-refractivity contribution in [1.29, 1.82) is 0 Å². The molecule has 10 heteroatoms. The Hall–Kier alpha value is -3.72. The van der Waals surface area contributed by atoms with Crippen LogP contribution in [0.1, 0.15) is 25.2 Å². The first-order valence-electron chi connectivity index (χ1n) is 10.1. The van der Waals surface area contributed by atoms with Crippen LogP contribution in [0.5, 0.6) is 5.75 Å². The maximum atomic E-state index is 13.0. The lowest BCUT2D eigenvalue weighted by Crippen LogP contribution is -2.21. The number of tetrazole rings is 1. The summed E-state index contributed by atoms with van der Waals surface area (Å²) >= 11 is 6.30. The molecule has 0 spiro atoms. The van der Waals surface area contributed by atoms with Gasteiger partial charge in [-0.2, -0.15) is 5.21 Å². The van der Waals surface area contributed by atoms with E-state index in [-0.39, 0.29) is 17.5 Å². The van der Waals surface area contributed by atoms with Crippen molar-refractivity contribution in [3.8, 4) is 11.4 Å². The highest BCUT2D eigenvalue weighted by atomic mass is 35.5. The van der Waals surface area contributed by atoms with E-state index in [1.165, 1.54) is 4.57 Å². The number of aromatic nitrogens is 6. The third kappa shape index (κ3) is 5.12. The van der Waals surface area contributed by atoms with E-state index in [1.54, 1.807) is 30.6 Å². The largest absolute Gasteiger partial charge is 0.489 e. The molecule has 0 amide bonds. The molecular formula is C22H22ClN7O2. The van der Waals surface area contributed by atoms with Gasteiger partial charge in [0.15, 0.2) is 11.6 Å². The van der Waals surface area contributed by atoms with Gasteiger partial charge in [0.1, 0.15) is 5.75 Å². The van der Waals surface area contributed by atoms with Crippen LogP contribution in [-0.2, 0) is 12.8 Å². The molecule has 0 aliphatic heterocycles. The van der Waals surface area contributed by atoms with Gasteiger partial charge in [0.25, 0.3) is 5.56 Å². The standard InChI is InChI=1S/C22H22ClN7O2/c1-14(2)32-19-9-6-16(13-18(19)23)25-21-22(31)30(12-11-24-21)17-7-3-15(4-8-17)5-10-20-26-28-29-27-20/h3-4,6-9,11-14H,5,10H2,1-2H3,(H,24,25)(H,26,27,28,29). The Balaban J connectivity index is 1.50. The van der Waals surface area contributed by atoms with E-state index >= 15 is 0 Å². The first-order chi connectivity index (χ1) is 15.5. The van der Waals surface area contributed by atoms with Gasteiger partial charge in [0, 0.05) is 30.2 Å². The molecule has 9 nitrogen and oxygen atoms in total. The maximum absolute atomic E-state index is 13.0. The Labute approximate surface area is 189 Å². The number of nitrogens with one attached hydrogen (secondary N) is 2. The van der Waals surface area contributed by atoms with Gasteiger partial charge in [-0.25, -0.2) is 4.98 Å². The summed E-state index contributed by atoms with van der Waals surface area (Å²) in [5, 5.41) is 17.4. The third-order valence-corrected chi connectivity index (χ3v) is 4.93. The summed E-state index contributed by atoms with van der Waals surface area (Å²) in [6.45, 7) is 3.86. The van der Waals surface area contributed by atoms with Crippen LogP contribution in [0.25, 0.3) is 5.69 Å². The summed E-state index contributed by atoms with van der Waals surface area (Å²) in [6.07, 6.45) is 4.68. The lowest BCUT2D eigenvalue weighted by molar-refractivity contribution is 0.242. The molecule has 0 radical (unpaired) electrons. The molecule has 0 aliphatic carbocycles. The Bertz CT molecular complexity index is 1240. The zero-order chi connectivity index (χ0) is 22.5. The van der Waals surface area contributed by atoms with Crippen molar-refractivity contribution < 1.29 is 4.74 Å². The number of hydrogen-bond donors (Lipinski definition) is 2. The SMILES string of the molecule is CC(C)Oc1ccc(Nc2nccn(-c3ccc(CCc4nn[nH]n4)cc3)c2=O)cc1Cl. The Kier molecular flexibility index (Phi) is 6.46. The average molecular weight is 452 g/mol. The molecule has 0 bridgehead atoms. The van der Waals surface area contributed by atoms with Gasteiger partial charge >= 0.3 is 0 Å². The average Bonchev–Trinajstić information content (AvgIpc) is 3.30. The number of benzene rings is 2. The monoisotopic (exact) mass is 451 g/mol. The minimum Gasteiger partial charge on any atom is -0.489 e. The van der Waals surface area contributed by atoms with Gasteiger partial charge in [-0.3, -0.25) is 9.36 Å². The van der Waals surface area contributed by atoms with Crippen molar-refractivity contribution in [3.05, 3.63) is 81.6 Å². The third-order valence-electron chi connectivity index (χ3n) is 4.64. The van der Waals surface area contributed by atoms with Crippen molar-refractivity contribution in [2.24, 2.45) is 0 Å². The number of hydrogen-bond acceptors (Lipinski definition) is 7. The summed E-state index contributed by atoms with van der Waals surface area (Å²) in [7, 11) is 0. The first kappa shape index (κ1) is 21.5. The number of aryl methyl sites for hydroxylation is 2. The fraction of sp³-hybridized carbons (Fsp3) is 0.227. The zero-order valence-corrected chi connectivity index (χ0v) is 18.4. The van der Waals surface area contributed by atoms with Crippen LogP contribution >= 0.6 is 11.6 Å². The summed E-state index contributed by atoms with van der Waals surface area (Å²) < 4.78 is 7.18. The number of ether oxygens (including phenoxy) is 1. The van der Waals surface area contributed by atoms with E-state index in [0.29, 0.717) is 28.7 Å². The quantitative estimate of drug-likeness (QED) is 0.420. The van der Waals surface area contributed by atoms with Crippen molar-refractivity contribution in [3.63, 3.8) is 0 Å². The molecule has 0 saturated carbocycles. The number of aromatic amines is 1. The fourth-order valence-electron chi connectivity index (χ4n) is 3.13. The van der Waals surface area contributed by atoms with Crippen LogP contribution < -0.4 is 15.6 Å². The highest BCUT2D eigenvalue weighted by Crippen LogP contribution is 2.29. The van der Waals surface area contributed by atoms with E-state index in [9.17, 15) is 4.79 Å². The van der Waals surface area contributed by atoms with E-state index in [4.69, 9.17) is 16.3 Å². The van der Waals surface area contributed by atoms with Crippen molar-refractivity contribution in [2.75, 3.05) is 5.32 Å². The van der Waals surface area contributed by atoms with E-state index in [1.807, 2.05) is 38.1 Å². The molecule has 0 fully saturated rings. The summed E-state index contributed by atoms with van der Waals surface area (Å²) in [5.74, 6) is 1.45. The van der Waals surface area contributed by atoms with Gasteiger partial charge in [-0.1, -0.05) is 28.9 Å². The molecule has 0 unspecified atom stereocenters. The number of rotatable bonds is 8. The number of halogens is 1. The first-order valence-corrected chi connectivity index (χ1v) is 10.5. The van der Waals surface area contributed by atoms with E-state index in [0.717, 1.165) is 17.7 Å². The van der Waals surface area contributed by atoms with Gasteiger partial charge in [-0.15, -0.1) is 10.2 Å². The van der Waals surface area contributed by atoms with Crippen LogP contribution in [0.15, 0.2) is 59.7 Å². The van der Waals surface area contributed by atoms with Crippen LogP contribution in [0.2, 0.25) is 5.02 Å². The van der Waals surface area contributed by atoms with Crippen molar-refractivity contribution >= 4 is 23.1 Å². The van der Waals surface area contributed by atoms with Crippen LogP contribution in [0, 0.1) is 0 Å². The van der Waals surface area contributed by atoms with Gasteiger partial charge in [0.05, 0.1) is 11.1 Å². The highest BCUT2D eigenvalue weighted by molar-refractivity contribution is 6.32.